The first-order valence-electron chi connectivity index (χ1n) is 24.0. The van der Waals surface area contributed by atoms with Gasteiger partial charge in [-0.05, 0) is 174 Å². The number of fused-ring (bicyclic) bond motifs is 10. The Morgan fingerprint density at radius 2 is 0.969 bits per heavy atom. The lowest BCUT2D eigenvalue weighted by Crippen LogP contribution is -2.55. The van der Waals surface area contributed by atoms with Gasteiger partial charge >= 0.3 is 0 Å². The quantitative estimate of drug-likeness (QED) is 0.161. The molecule has 8 aromatic rings. The standard InChI is InChI=1S/C62H53NSi/c1-61(2)54-33-41(39-13-7-5-8-14-39)19-22-47(54)48-23-20-42(34-55(48)61)44-35-56(40-15-9-6-10-16-40)63-57(36-44)43-21-25-52-51(32-43)59-53(62(52)45-28-37-27-38(30-45)31-46(62)29-37)26-24-50-49-17-11-12-18-58(49)64(3,4)60(50)59/h5-26,32-38,45-46H,27-31H2,1-4H3. The van der Waals surface area contributed by atoms with Gasteiger partial charge in [0, 0.05) is 22.0 Å². The zero-order valence-corrected chi connectivity index (χ0v) is 38.4. The van der Waals surface area contributed by atoms with Crippen molar-refractivity contribution in [1.29, 1.82) is 0 Å². The lowest BCUT2D eigenvalue weighted by atomic mass is 9.43. The molecule has 2 heterocycles. The minimum atomic E-state index is -2.01. The van der Waals surface area contributed by atoms with Crippen LogP contribution in [0.3, 0.4) is 0 Å². The van der Waals surface area contributed by atoms with Gasteiger partial charge in [0.1, 0.15) is 8.07 Å². The fourth-order valence-corrected chi connectivity index (χ4v) is 18.5. The molecule has 7 aliphatic rings. The maximum Gasteiger partial charge on any atom is 0.114 e. The molecule has 0 atom stereocenters. The molecule has 0 N–H and O–H groups in total. The van der Waals surface area contributed by atoms with Gasteiger partial charge in [0.05, 0.1) is 11.4 Å². The summed E-state index contributed by atoms with van der Waals surface area (Å²) < 4.78 is 0. The van der Waals surface area contributed by atoms with E-state index in [0.717, 1.165) is 40.6 Å². The summed E-state index contributed by atoms with van der Waals surface area (Å²) in [6.07, 6.45) is 7.05. The van der Waals surface area contributed by atoms with Gasteiger partial charge in [-0.1, -0.05) is 160 Å². The van der Waals surface area contributed by atoms with E-state index in [1.807, 2.05) is 0 Å². The van der Waals surface area contributed by atoms with Crippen LogP contribution in [-0.2, 0) is 10.8 Å². The third-order valence-electron chi connectivity index (χ3n) is 17.6. The van der Waals surface area contributed by atoms with Crippen molar-refractivity contribution in [3.8, 4) is 78.1 Å². The Hall–Kier alpha value is -6.09. The Morgan fingerprint density at radius 3 is 1.64 bits per heavy atom. The predicted octanol–water partition coefficient (Wildman–Crippen LogP) is 14.6. The maximum atomic E-state index is 5.57. The first-order valence-corrected chi connectivity index (χ1v) is 27.0. The average Bonchev–Trinajstić information content (AvgIpc) is 3.84. The maximum absolute atomic E-state index is 5.57. The molecule has 2 heteroatoms. The lowest BCUT2D eigenvalue weighted by molar-refractivity contribution is -0.0399. The van der Waals surface area contributed by atoms with Gasteiger partial charge in [-0.3, -0.25) is 0 Å². The second kappa shape index (κ2) is 13.0. The van der Waals surface area contributed by atoms with Gasteiger partial charge < -0.3 is 0 Å². The summed E-state index contributed by atoms with van der Waals surface area (Å²) >= 11 is 0. The van der Waals surface area contributed by atoms with Crippen LogP contribution in [-0.4, -0.2) is 13.1 Å². The minimum absolute atomic E-state index is 0.117. The SMILES string of the molecule is CC1(C)c2cc(-c3ccccc3)ccc2-c2ccc(-c3cc(-c4ccccc4)nc(-c4ccc5c(c4)-c4c(ccc6c4[Si](C)(C)c4ccccc4-6)C54C5CC6CC(C5)CC4C6)c3)cc21. The van der Waals surface area contributed by atoms with E-state index >= 15 is 0 Å². The fourth-order valence-electron chi connectivity index (χ4n) is 15.1. The summed E-state index contributed by atoms with van der Waals surface area (Å²) in [6.45, 7) is 10.1. The molecular weight excluding hydrogens is 787 g/mol. The molecule has 4 fully saturated rings. The van der Waals surface area contributed by atoms with Crippen LogP contribution in [0, 0.1) is 23.7 Å². The van der Waals surface area contributed by atoms with Crippen LogP contribution in [0.4, 0.5) is 0 Å². The number of hydrogen-bond donors (Lipinski definition) is 0. The topological polar surface area (TPSA) is 12.9 Å². The number of benzene rings is 7. The number of hydrogen-bond acceptors (Lipinski definition) is 1. The molecule has 0 amide bonds. The predicted molar refractivity (Wildman–Crippen MR) is 269 cm³/mol. The van der Waals surface area contributed by atoms with Crippen LogP contribution >= 0.6 is 0 Å². The molecule has 64 heavy (non-hydrogen) atoms. The summed E-state index contributed by atoms with van der Waals surface area (Å²) in [5, 5.41) is 3.28. The molecule has 4 bridgehead atoms. The van der Waals surface area contributed by atoms with Crippen LogP contribution < -0.4 is 10.4 Å². The van der Waals surface area contributed by atoms with Crippen molar-refractivity contribution in [2.45, 2.75) is 69.9 Å². The van der Waals surface area contributed by atoms with Crippen molar-refractivity contribution in [3.05, 3.63) is 186 Å². The highest BCUT2D eigenvalue weighted by molar-refractivity contribution is 7.04. The van der Waals surface area contributed by atoms with E-state index in [1.165, 1.54) is 98.9 Å². The van der Waals surface area contributed by atoms with Gasteiger partial charge in [-0.25, -0.2) is 4.98 Å². The van der Waals surface area contributed by atoms with Gasteiger partial charge in [-0.2, -0.15) is 0 Å². The lowest BCUT2D eigenvalue weighted by Gasteiger charge is -2.61. The van der Waals surface area contributed by atoms with Crippen LogP contribution in [0.5, 0.6) is 0 Å². The largest absolute Gasteiger partial charge is 0.248 e. The number of rotatable bonds is 4. The van der Waals surface area contributed by atoms with Crippen molar-refractivity contribution >= 4 is 18.4 Å². The second-order valence-electron chi connectivity index (χ2n) is 21.5. The molecule has 0 unspecified atom stereocenters. The van der Waals surface area contributed by atoms with E-state index in [9.17, 15) is 0 Å². The molecule has 15 rings (SSSR count). The van der Waals surface area contributed by atoms with Crippen LogP contribution in [0.2, 0.25) is 13.1 Å². The summed E-state index contributed by atoms with van der Waals surface area (Å²) in [4.78, 5) is 5.57. The Bertz CT molecular complexity index is 3250. The third-order valence-corrected chi connectivity index (χ3v) is 21.2. The van der Waals surface area contributed by atoms with E-state index in [-0.39, 0.29) is 10.8 Å². The Balaban J connectivity index is 0.946. The molecule has 4 saturated carbocycles. The van der Waals surface area contributed by atoms with Crippen molar-refractivity contribution in [2.24, 2.45) is 23.7 Å². The van der Waals surface area contributed by atoms with Gasteiger partial charge in [0.15, 0.2) is 0 Å². The number of nitrogens with zero attached hydrogens (tertiary/aromatic N) is 1. The Morgan fingerprint density at radius 1 is 0.422 bits per heavy atom. The number of pyridine rings is 1. The van der Waals surface area contributed by atoms with Gasteiger partial charge in [0.2, 0.25) is 0 Å². The molecule has 1 aliphatic heterocycles. The number of aromatic nitrogens is 1. The molecule has 1 spiro atoms. The van der Waals surface area contributed by atoms with E-state index in [2.05, 4.69) is 191 Å². The third kappa shape index (κ3) is 4.93. The monoisotopic (exact) mass is 839 g/mol. The zero-order chi connectivity index (χ0) is 42.7. The highest BCUT2D eigenvalue weighted by Gasteiger charge is 2.62. The first kappa shape index (κ1) is 37.3. The van der Waals surface area contributed by atoms with Crippen molar-refractivity contribution < 1.29 is 0 Å². The molecule has 310 valence electrons. The van der Waals surface area contributed by atoms with E-state index in [0.29, 0.717) is 0 Å². The van der Waals surface area contributed by atoms with Crippen molar-refractivity contribution in [1.82, 2.24) is 4.98 Å². The first-order chi connectivity index (χ1) is 31.2. The summed E-state index contributed by atoms with van der Waals surface area (Å²) in [5.41, 5.74) is 24.3. The van der Waals surface area contributed by atoms with Crippen molar-refractivity contribution in [2.75, 3.05) is 0 Å². The zero-order valence-electron chi connectivity index (χ0n) is 37.4. The average molecular weight is 840 g/mol. The normalized spacial score (nSPS) is 23.9. The molecule has 1 aromatic heterocycles. The van der Waals surface area contributed by atoms with Crippen LogP contribution in [0.1, 0.15) is 68.2 Å². The van der Waals surface area contributed by atoms with E-state index in [1.54, 1.807) is 27.1 Å². The molecule has 1 nitrogen and oxygen atoms in total. The Labute approximate surface area is 379 Å². The Kier molecular flexibility index (Phi) is 7.58. The molecular formula is C62H53NSi. The van der Waals surface area contributed by atoms with E-state index in [4.69, 9.17) is 4.98 Å². The van der Waals surface area contributed by atoms with Gasteiger partial charge in [-0.15, -0.1) is 0 Å². The van der Waals surface area contributed by atoms with Gasteiger partial charge in [0.25, 0.3) is 0 Å². The second-order valence-corrected chi connectivity index (χ2v) is 25.8. The van der Waals surface area contributed by atoms with E-state index < -0.39 is 8.07 Å². The smallest absolute Gasteiger partial charge is 0.114 e. The summed E-state index contributed by atoms with van der Waals surface area (Å²) in [7, 11) is -2.01. The summed E-state index contributed by atoms with van der Waals surface area (Å²) in [6, 6.07) is 62.8. The van der Waals surface area contributed by atoms with Crippen LogP contribution in [0.25, 0.3) is 78.1 Å². The molecule has 0 radical (unpaired) electrons. The summed E-state index contributed by atoms with van der Waals surface area (Å²) in [5.74, 6) is 3.29. The fraction of sp³-hybridized carbons (Fsp3) is 0.242. The minimum Gasteiger partial charge on any atom is -0.248 e. The molecule has 0 saturated heterocycles. The molecule has 7 aromatic carbocycles. The van der Waals surface area contributed by atoms with Crippen LogP contribution in [0.15, 0.2) is 164 Å². The van der Waals surface area contributed by atoms with Crippen molar-refractivity contribution in [3.63, 3.8) is 0 Å². The molecule has 6 aliphatic carbocycles. The highest BCUT2D eigenvalue weighted by Crippen LogP contribution is 2.69. The highest BCUT2D eigenvalue weighted by atomic mass is 28.3.